The molecule has 1 unspecified atom stereocenters. The zero-order chi connectivity index (χ0) is 17.3. The molecule has 1 heterocycles. The van der Waals surface area contributed by atoms with E-state index < -0.39 is 5.97 Å². The van der Waals surface area contributed by atoms with E-state index in [0.717, 1.165) is 39.7 Å². The second-order valence-electron chi connectivity index (χ2n) is 6.53. The molecule has 2 aromatic carbocycles. The third kappa shape index (κ3) is 3.07. The third-order valence-electron chi connectivity index (χ3n) is 4.75. The largest absolute Gasteiger partial charge is 0.481 e. The molecule has 124 valence electrons. The summed E-state index contributed by atoms with van der Waals surface area (Å²) in [6, 6.07) is 14.5. The smallest absolute Gasteiger partial charge is 0.307 e. The van der Waals surface area contributed by atoms with Gasteiger partial charge in [0.2, 0.25) is 0 Å². The Morgan fingerprint density at radius 3 is 2.67 bits per heavy atom. The van der Waals surface area contributed by atoms with Crippen LogP contribution in [-0.2, 0) is 11.2 Å². The number of carboxylic acid groups (broad SMARTS) is 1. The van der Waals surface area contributed by atoms with Crippen LogP contribution in [-0.4, -0.2) is 16.1 Å². The Labute approximate surface area is 142 Å². The molecule has 2 N–H and O–H groups in total. The maximum absolute atomic E-state index is 11.4. The van der Waals surface area contributed by atoms with Crippen molar-refractivity contribution in [2.75, 3.05) is 0 Å². The van der Waals surface area contributed by atoms with Crippen molar-refractivity contribution in [2.24, 2.45) is 0 Å². The molecular weight excluding hydrogens is 298 g/mol. The van der Waals surface area contributed by atoms with Crippen LogP contribution in [0.25, 0.3) is 22.2 Å². The average Bonchev–Trinajstić information content (AvgIpc) is 2.91. The Kier molecular flexibility index (Phi) is 4.43. The van der Waals surface area contributed by atoms with Gasteiger partial charge in [0.15, 0.2) is 0 Å². The van der Waals surface area contributed by atoms with E-state index in [4.69, 9.17) is 0 Å². The Balaban J connectivity index is 2.23. The van der Waals surface area contributed by atoms with Crippen molar-refractivity contribution < 1.29 is 9.90 Å². The van der Waals surface area contributed by atoms with Crippen molar-refractivity contribution in [2.45, 2.75) is 39.5 Å². The monoisotopic (exact) mass is 321 g/mol. The molecule has 24 heavy (non-hydrogen) atoms. The first-order valence-electron chi connectivity index (χ1n) is 8.43. The zero-order valence-corrected chi connectivity index (χ0v) is 14.4. The minimum absolute atomic E-state index is 0.0211. The number of aryl methyl sites for hydroxylation is 1. The lowest BCUT2D eigenvalue weighted by Gasteiger charge is -2.09. The number of fused-ring (bicyclic) bond motifs is 1. The van der Waals surface area contributed by atoms with Gasteiger partial charge in [-0.05, 0) is 54.2 Å². The molecule has 3 heteroatoms. The van der Waals surface area contributed by atoms with Crippen LogP contribution in [0.2, 0.25) is 0 Å². The first kappa shape index (κ1) is 16.3. The maximum Gasteiger partial charge on any atom is 0.307 e. The maximum atomic E-state index is 11.4. The van der Waals surface area contributed by atoms with Crippen LogP contribution in [0.3, 0.4) is 0 Å². The number of carboxylic acids is 1. The molecule has 0 bridgehead atoms. The van der Waals surface area contributed by atoms with Gasteiger partial charge in [0, 0.05) is 10.9 Å². The van der Waals surface area contributed by atoms with Gasteiger partial charge in [0.05, 0.1) is 12.1 Å². The highest BCUT2D eigenvalue weighted by Gasteiger charge is 2.17. The lowest BCUT2D eigenvalue weighted by atomic mass is 9.95. The lowest BCUT2D eigenvalue weighted by molar-refractivity contribution is -0.136. The number of benzene rings is 2. The third-order valence-corrected chi connectivity index (χ3v) is 4.75. The molecular formula is C21H23NO2. The van der Waals surface area contributed by atoms with Gasteiger partial charge in [-0.15, -0.1) is 0 Å². The van der Waals surface area contributed by atoms with E-state index in [-0.39, 0.29) is 6.42 Å². The van der Waals surface area contributed by atoms with Crippen molar-refractivity contribution >= 4 is 16.9 Å². The Morgan fingerprint density at radius 2 is 2.00 bits per heavy atom. The van der Waals surface area contributed by atoms with Crippen molar-refractivity contribution in [3.63, 3.8) is 0 Å². The number of rotatable bonds is 5. The summed E-state index contributed by atoms with van der Waals surface area (Å²) < 4.78 is 0. The summed E-state index contributed by atoms with van der Waals surface area (Å²) in [6.45, 7) is 6.42. The summed E-state index contributed by atoms with van der Waals surface area (Å²) >= 11 is 0. The van der Waals surface area contributed by atoms with Crippen LogP contribution in [0.1, 0.15) is 42.9 Å². The number of aliphatic carboxylic acids is 1. The molecule has 1 atom stereocenters. The number of hydrogen-bond donors (Lipinski definition) is 2. The molecule has 3 nitrogen and oxygen atoms in total. The molecule has 0 aliphatic heterocycles. The zero-order valence-electron chi connectivity index (χ0n) is 14.4. The molecule has 0 fully saturated rings. The van der Waals surface area contributed by atoms with Crippen LogP contribution in [0.4, 0.5) is 0 Å². The summed E-state index contributed by atoms with van der Waals surface area (Å²) in [7, 11) is 0. The van der Waals surface area contributed by atoms with Crippen molar-refractivity contribution in [3.8, 4) is 11.3 Å². The minimum Gasteiger partial charge on any atom is -0.481 e. The number of nitrogens with one attached hydrogen (secondary N) is 1. The van der Waals surface area contributed by atoms with Gasteiger partial charge in [0.1, 0.15) is 0 Å². The van der Waals surface area contributed by atoms with Crippen molar-refractivity contribution in [1.29, 1.82) is 0 Å². The molecule has 0 saturated carbocycles. The average molecular weight is 321 g/mol. The standard InChI is InChI=1S/C21H23NO2/c1-4-14(3)15-8-9-19-17(11-15)18(12-20(23)24)21(22-19)16-7-5-6-13(2)10-16/h5-11,14,22H,4,12H2,1-3H3,(H,23,24). The number of aromatic nitrogens is 1. The number of carbonyl (C=O) groups is 1. The molecule has 1 aromatic heterocycles. The summed E-state index contributed by atoms with van der Waals surface area (Å²) in [4.78, 5) is 14.9. The van der Waals surface area contributed by atoms with Gasteiger partial charge in [-0.1, -0.05) is 43.7 Å². The summed E-state index contributed by atoms with van der Waals surface area (Å²) in [5.41, 5.74) is 6.23. The van der Waals surface area contributed by atoms with E-state index in [2.05, 4.69) is 43.1 Å². The van der Waals surface area contributed by atoms with E-state index in [9.17, 15) is 9.90 Å². The van der Waals surface area contributed by atoms with Gasteiger partial charge in [-0.25, -0.2) is 0 Å². The highest BCUT2D eigenvalue weighted by atomic mass is 16.4. The normalized spacial score (nSPS) is 12.5. The first-order chi connectivity index (χ1) is 11.5. The van der Waals surface area contributed by atoms with E-state index in [1.807, 2.05) is 25.1 Å². The van der Waals surface area contributed by atoms with E-state index in [1.165, 1.54) is 5.56 Å². The predicted molar refractivity (Wildman–Crippen MR) is 98.5 cm³/mol. The predicted octanol–water partition coefficient (Wildman–Crippen LogP) is 5.28. The lowest BCUT2D eigenvalue weighted by Crippen LogP contribution is -2.01. The van der Waals surface area contributed by atoms with Gasteiger partial charge in [-0.2, -0.15) is 0 Å². The molecule has 0 aliphatic rings. The quantitative estimate of drug-likeness (QED) is 0.671. The van der Waals surface area contributed by atoms with Crippen LogP contribution in [0, 0.1) is 6.92 Å². The van der Waals surface area contributed by atoms with Crippen molar-refractivity contribution in [3.05, 3.63) is 59.2 Å². The number of aromatic amines is 1. The van der Waals surface area contributed by atoms with Crippen LogP contribution < -0.4 is 0 Å². The SMILES string of the molecule is CCC(C)c1ccc2[nH]c(-c3cccc(C)c3)c(CC(=O)O)c2c1. The summed E-state index contributed by atoms with van der Waals surface area (Å²) in [5.74, 6) is -0.344. The van der Waals surface area contributed by atoms with Gasteiger partial charge >= 0.3 is 5.97 Å². The van der Waals surface area contributed by atoms with Crippen LogP contribution in [0.15, 0.2) is 42.5 Å². The first-order valence-corrected chi connectivity index (χ1v) is 8.43. The summed E-state index contributed by atoms with van der Waals surface area (Å²) in [5, 5.41) is 10.4. The second kappa shape index (κ2) is 6.52. The number of H-pyrrole nitrogens is 1. The highest BCUT2D eigenvalue weighted by molar-refractivity contribution is 5.94. The molecule has 3 rings (SSSR count). The van der Waals surface area contributed by atoms with Gasteiger partial charge < -0.3 is 10.1 Å². The Hall–Kier alpha value is -2.55. The Bertz CT molecular complexity index is 892. The Morgan fingerprint density at radius 1 is 1.21 bits per heavy atom. The molecule has 3 aromatic rings. The summed E-state index contributed by atoms with van der Waals surface area (Å²) in [6.07, 6.45) is 1.09. The fourth-order valence-electron chi connectivity index (χ4n) is 3.19. The molecule has 0 spiro atoms. The second-order valence-corrected chi connectivity index (χ2v) is 6.53. The fraction of sp³-hybridized carbons (Fsp3) is 0.286. The van der Waals surface area contributed by atoms with E-state index in [1.54, 1.807) is 0 Å². The molecule has 0 saturated heterocycles. The van der Waals surface area contributed by atoms with Crippen molar-refractivity contribution in [1.82, 2.24) is 4.98 Å². The molecule has 0 radical (unpaired) electrons. The van der Waals surface area contributed by atoms with E-state index >= 15 is 0 Å². The van der Waals surface area contributed by atoms with Crippen LogP contribution >= 0.6 is 0 Å². The molecule has 0 aliphatic carbocycles. The fourth-order valence-corrected chi connectivity index (χ4v) is 3.19. The number of hydrogen-bond acceptors (Lipinski definition) is 1. The van der Waals surface area contributed by atoms with E-state index in [0.29, 0.717) is 5.92 Å². The van der Waals surface area contributed by atoms with Gasteiger partial charge in [-0.3, -0.25) is 4.79 Å². The van der Waals surface area contributed by atoms with Gasteiger partial charge in [0.25, 0.3) is 0 Å². The molecule has 0 amide bonds. The topological polar surface area (TPSA) is 53.1 Å². The van der Waals surface area contributed by atoms with Crippen LogP contribution in [0.5, 0.6) is 0 Å². The minimum atomic E-state index is -0.807. The highest BCUT2D eigenvalue weighted by Crippen LogP contribution is 2.33.